The fourth-order valence-corrected chi connectivity index (χ4v) is 1.41. The maximum absolute atomic E-state index is 5.23. The molecule has 0 saturated carbocycles. The fraction of sp³-hybridized carbons (Fsp3) is 0.385. The molecular weight excluding hydrogens is 202 g/mol. The van der Waals surface area contributed by atoms with E-state index < -0.39 is 0 Å². The first-order valence-corrected chi connectivity index (χ1v) is 5.23. The molecule has 0 aliphatic carbocycles. The second-order valence-corrected chi connectivity index (χ2v) is 3.75. The largest absolute Gasteiger partial charge is 0.493 e. The lowest BCUT2D eigenvalue weighted by atomic mass is 10.2. The molecule has 0 saturated heterocycles. The molecule has 0 unspecified atom stereocenters. The van der Waals surface area contributed by atoms with Crippen LogP contribution in [0.5, 0.6) is 11.5 Å². The fourth-order valence-electron chi connectivity index (χ4n) is 1.41. The summed E-state index contributed by atoms with van der Waals surface area (Å²) in [7, 11) is 3.28. The highest BCUT2D eigenvalue weighted by Crippen LogP contribution is 2.27. The van der Waals surface area contributed by atoms with Gasteiger partial charge < -0.3 is 14.8 Å². The molecule has 0 fully saturated rings. The number of nitrogens with one attached hydrogen (secondary N) is 1. The third-order valence-corrected chi connectivity index (χ3v) is 2.20. The molecule has 3 heteroatoms. The van der Waals surface area contributed by atoms with Crippen LogP contribution in [0.3, 0.4) is 0 Å². The number of ether oxygens (including phenoxy) is 2. The van der Waals surface area contributed by atoms with E-state index in [-0.39, 0.29) is 0 Å². The Morgan fingerprint density at radius 1 is 1.25 bits per heavy atom. The Bertz CT molecular complexity index is 361. The van der Waals surface area contributed by atoms with E-state index in [9.17, 15) is 0 Å². The minimum atomic E-state index is 0.756. The first-order chi connectivity index (χ1) is 7.67. The predicted octanol–water partition coefficient (Wildman–Crippen LogP) is 2.37. The standard InChI is InChI=1S/C13H19NO2/c1-10(2)8-14-9-11-5-6-12(15-3)13(7-11)16-4/h5-7,14H,1,8-9H2,2-4H3. The number of benzene rings is 1. The van der Waals surface area contributed by atoms with Crippen LogP contribution < -0.4 is 14.8 Å². The summed E-state index contributed by atoms with van der Waals surface area (Å²) < 4.78 is 10.4. The van der Waals surface area contributed by atoms with Crippen molar-refractivity contribution in [1.82, 2.24) is 5.32 Å². The van der Waals surface area contributed by atoms with Crippen LogP contribution >= 0.6 is 0 Å². The second-order valence-electron chi connectivity index (χ2n) is 3.75. The van der Waals surface area contributed by atoms with Crippen molar-refractivity contribution in [3.63, 3.8) is 0 Å². The maximum atomic E-state index is 5.23. The van der Waals surface area contributed by atoms with Crippen molar-refractivity contribution in [2.45, 2.75) is 13.5 Å². The molecule has 0 bridgehead atoms. The normalized spacial score (nSPS) is 9.94. The SMILES string of the molecule is C=C(C)CNCc1ccc(OC)c(OC)c1. The highest BCUT2D eigenvalue weighted by Gasteiger charge is 2.03. The highest BCUT2D eigenvalue weighted by atomic mass is 16.5. The molecular formula is C13H19NO2. The Morgan fingerprint density at radius 2 is 1.94 bits per heavy atom. The number of rotatable bonds is 6. The quantitative estimate of drug-likeness (QED) is 0.748. The molecule has 0 radical (unpaired) electrons. The van der Waals surface area contributed by atoms with E-state index in [2.05, 4.69) is 11.9 Å². The lowest BCUT2D eigenvalue weighted by Gasteiger charge is -2.10. The molecule has 88 valence electrons. The van der Waals surface area contributed by atoms with Gasteiger partial charge >= 0.3 is 0 Å². The second kappa shape index (κ2) is 6.18. The monoisotopic (exact) mass is 221 g/mol. The Balaban J connectivity index is 2.64. The van der Waals surface area contributed by atoms with E-state index >= 15 is 0 Å². The van der Waals surface area contributed by atoms with Gasteiger partial charge in [-0.25, -0.2) is 0 Å². The first-order valence-electron chi connectivity index (χ1n) is 5.23. The van der Waals surface area contributed by atoms with Gasteiger partial charge in [0.25, 0.3) is 0 Å². The molecule has 16 heavy (non-hydrogen) atoms. The zero-order chi connectivity index (χ0) is 12.0. The van der Waals surface area contributed by atoms with Crippen LogP contribution in [-0.2, 0) is 6.54 Å². The van der Waals surface area contributed by atoms with Gasteiger partial charge in [-0.3, -0.25) is 0 Å². The summed E-state index contributed by atoms with van der Waals surface area (Å²) in [5.41, 5.74) is 2.29. The third kappa shape index (κ3) is 3.59. The van der Waals surface area contributed by atoms with Gasteiger partial charge in [0.1, 0.15) is 0 Å². The van der Waals surface area contributed by atoms with Crippen molar-refractivity contribution >= 4 is 0 Å². The van der Waals surface area contributed by atoms with Gasteiger partial charge in [0.2, 0.25) is 0 Å². The van der Waals surface area contributed by atoms with Crippen LogP contribution in [0.15, 0.2) is 30.4 Å². The van der Waals surface area contributed by atoms with Gasteiger partial charge in [-0.15, -0.1) is 0 Å². The van der Waals surface area contributed by atoms with Crippen LogP contribution in [0, 0.1) is 0 Å². The Kier molecular flexibility index (Phi) is 4.86. The van der Waals surface area contributed by atoms with Gasteiger partial charge in [0, 0.05) is 13.1 Å². The van der Waals surface area contributed by atoms with Crippen molar-refractivity contribution in [2.75, 3.05) is 20.8 Å². The first kappa shape index (κ1) is 12.6. The molecule has 1 aromatic rings. The average Bonchev–Trinajstić information content (AvgIpc) is 2.28. The van der Waals surface area contributed by atoms with E-state index in [0.717, 1.165) is 30.2 Å². The van der Waals surface area contributed by atoms with Gasteiger partial charge in [-0.1, -0.05) is 18.2 Å². The lowest BCUT2D eigenvalue weighted by Crippen LogP contribution is -2.15. The molecule has 1 aromatic carbocycles. The Morgan fingerprint density at radius 3 is 2.50 bits per heavy atom. The zero-order valence-electron chi connectivity index (χ0n) is 10.2. The molecule has 0 aliphatic heterocycles. The summed E-state index contributed by atoms with van der Waals surface area (Å²) in [5.74, 6) is 1.52. The van der Waals surface area contributed by atoms with Gasteiger partial charge in [-0.2, -0.15) is 0 Å². The molecule has 0 aliphatic rings. The van der Waals surface area contributed by atoms with Crippen LogP contribution in [0.25, 0.3) is 0 Å². The van der Waals surface area contributed by atoms with Crippen molar-refractivity contribution in [3.05, 3.63) is 35.9 Å². The smallest absolute Gasteiger partial charge is 0.161 e. The van der Waals surface area contributed by atoms with Gasteiger partial charge in [-0.05, 0) is 24.6 Å². The Labute approximate surface area is 97.1 Å². The van der Waals surface area contributed by atoms with Crippen LogP contribution in [0.2, 0.25) is 0 Å². The lowest BCUT2D eigenvalue weighted by molar-refractivity contribution is 0.354. The topological polar surface area (TPSA) is 30.5 Å². The van der Waals surface area contributed by atoms with Crippen molar-refractivity contribution in [2.24, 2.45) is 0 Å². The molecule has 0 spiro atoms. The zero-order valence-corrected chi connectivity index (χ0v) is 10.2. The summed E-state index contributed by atoms with van der Waals surface area (Å²) in [6.45, 7) is 7.47. The third-order valence-electron chi connectivity index (χ3n) is 2.20. The Hall–Kier alpha value is -1.48. The van der Waals surface area contributed by atoms with Gasteiger partial charge in [0.15, 0.2) is 11.5 Å². The predicted molar refractivity (Wildman–Crippen MR) is 66.1 cm³/mol. The molecule has 3 nitrogen and oxygen atoms in total. The van der Waals surface area contributed by atoms with Gasteiger partial charge in [0.05, 0.1) is 14.2 Å². The summed E-state index contributed by atoms with van der Waals surface area (Å²) in [6.07, 6.45) is 0. The van der Waals surface area contributed by atoms with Crippen LogP contribution in [0.4, 0.5) is 0 Å². The summed E-state index contributed by atoms with van der Waals surface area (Å²) in [6, 6.07) is 5.91. The number of hydrogen-bond acceptors (Lipinski definition) is 3. The van der Waals surface area contributed by atoms with Crippen molar-refractivity contribution in [1.29, 1.82) is 0 Å². The molecule has 0 heterocycles. The van der Waals surface area contributed by atoms with E-state index in [4.69, 9.17) is 9.47 Å². The number of hydrogen-bond donors (Lipinski definition) is 1. The molecule has 1 rings (SSSR count). The summed E-state index contributed by atoms with van der Waals surface area (Å²) >= 11 is 0. The molecule has 0 atom stereocenters. The van der Waals surface area contributed by atoms with Crippen molar-refractivity contribution < 1.29 is 9.47 Å². The highest BCUT2D eigenvalue weighted by molar-refractivity contribution is 5.42. The van der Waals surface area contributed by atoms with E-state index in [1.807, 2.05) is 25.1 Å². The minimum Gasteiger partial charge on any atom is -0.493 e. The molecule has 0 aromatic heterocycles. The minimum absolute atomic E-state index is 0.756. The number of methoxy groups -OCH3 is 2. The maximum Gasteiger partial charge on any atom is 0.161 e. The summed E-state index contributed by atoms with van der Waals surface area (Å²) in [5, 5.41) is 3.29. The average molecular weight is 221 g/mol. The molecule has 0 amide bonds. The van der Waals surface area contributed by atoms with Crippen LogP contribution in [-0.4, -0.2) is 20.8 Å². The van der Waals surface area contributed by atoms with E-state index in [0.29, 0.717) is 0 Å². The van der Waals surface area contributed by atoms with Crippen LogP contribution in [0.1, 0.15) is 12.5 Å². The summed E-state index contributed by atoms with van der Waals surface area (Å²) in [4.78, 5) is 0. The van der Waals surface area contributed by atoms with E-state index in [1.54, 1.807) is 14.2 Å². The van der Waals surface area contributed by atoms with E-state index in [1.165, 1.54) is 5.56 Å². The van der Waals surface area contributed by atoms with Crippen molar-refractivity contribution in [3.8, 4) is 11.5 Å². The molecule has 1 N–H and O–H groups in total.